The molecule has 0 spiro atoms. The van der Waals surface area contributed by atoms with Gasteiger partial charge in [-0.1, -0.05) is 13.8 Å². The maximum Gasteiger partial charge on any atom is 0.270 e. The van der Waals surface area contributed by atoms with Crippen molar-refractivity contribution in [1.82, 2.24) is 9.47 Å². The Bertz CT molecular complexity index is 415. The Kier molecular flexibility index (Phi) is 7.16. The molecule has 2 N–H and O–H groups in total. The van der Waals surface area contributed by atoms with E-state index in [9.17, 15) is 4.79 Å². The van der Waals surface area contributed by atoms with Crippen molar-refractivity contribution in [2.45, 2.75) is 33.2 Å². The number of aryl methyl sites for hydroxylation is 1. The van der Waals surface area contributed by atoms with Gasteiger partial charge in [-0.15, -0.1) is 12.4 Å². The van der Waals surface area contributed by atoms with Crippen LogP contribution in [0.2, 0.25) is 0 Å². The average Bonchev–Trinajstić information content (AvgIpc) is 2.65. The molecule has 4 nitrogen and oxygen atoms in total. The molecule has 1 aromatic rings. The number of amides is 1. The van der Waals surface area contributed by atoms with Crippen molar-refractivity contribution in [2.75, 3.05) is 13.6 Å². The molecule has 1 rings (SSSR count). The van der Waals surface area contributed by atoms with Crippen LogP contribution in [0, 0.1) is 12.8 Å². The van der Waals surface area contributed by atoms with E-state index in [1.165, 1.54) is 0 Å². The van der Waals surface area contributed by atoms with Gasteiger partial charge in [0, 0.05) is 32.4 Å². The number of nitrogens with zero attached hydrogens (tertiary/aromatic N) is 2. The van der Waals surface area contributed by atoms with E-state index in [4.69, 9.17) is 5.73 Å². The lowest BCUT2D eigenvalue weighted by atomic mass is 10.0. The first-order valence-corrected chi connectivity index (χ1v) is 6.48. The van der Waals surface area contributed by atoms with Crippen molar-refractivity contribution in [2.24, 2.45) is 18.7 Å². The molecule has 110 valence electrons. The number of carbonyl (C=O) groups is 1. The van der Waals surface area contributed by atoms with Crippen LogP contribution in [0.3, 0.4) is 0 Å². The minimum Gasteiger partial charge on any atom is -0.344 e. The third kappa shape index (κ3) is 4.55. The van der Waals surface area contributed by atoms with Crippen LogP contribution < -0.4 is 5.73 Å². The van der Waals surface area contributed by atoms with Crippen LogP contribution in [0.5, 0.6) is 0 Å². The first-order valence-electron chi connectivity index (χ1n) is 6.48. The predicted molar refractivity (Wildman–Crippen MR) is 81.8 cm³/mol. The lowest BCUT2D eigenvalue weighted by Gasteiger charge is -2.21. The molecule has 1 aromatic heterocycles. The fourth-order valence-electron chi connectivity index (χ4n) is 1.80. The van der Waals surface area contributed by atoms with Crippen LogP contribution in [0.1, 0.15) is 36.5 Å². The normalized spacial score (nSPS) is 12.2. The first-order chi connectivity index (χ1) is 8.34. The van der Waals surface area contributed by atoms with Crippen molar-refractivity contribution < 1.29 is 4.79 Å². The number of aromatic nitrogens is 1. The van der Waals surface area contributed by atoms with Crippen molar-refractivity contribution in [1.29, 1.82) is 0 Å². The third-order valence-corrected chi connectivity index (χ3v) is 3.59. The van der Waals surface area contributed by atoms with E-state index in [1.54, 1.807) is 4.90 Å². The van der Waals surface area contributed by atoms with Crippen molar-refractivity contribution in [3.63, 3.8) is 0 Å². The smallest absolute Gasteiger partial charge is 0.270 e. The van der Waals surface area contributed by atoms with E-state index in [2.05, 4.69) is 13.8 Å². The second-order valence-electron chi connectivity index (χ2n) is 5.34. The molecular weight excluding hydrogens is 262 g/mol. The van der Waals surface area contributed by atoms with Crippen molar-refractivity contribution >= 4 is 18.3 Å². The minimum atomic E-state index is 0. The van der Waals surface area contributed by atoms with E-state index >= 15 is 0 Å². The van der Waals surface area contributed by atoms with Gasteiger partial charge in [-0.25, -0.2) is 0 Å². The van der Waals surface area contributed by atoms with Gasteiger partial charge in [0.1, 0.15) is 5.69 Å². The van der Waals surface area contributed by atoms with Gasteiger partial charge in [-0.2, -0.15) is 0 Å². The Balaban J connectivity index is 0.00000324. The molecule has 0 saturated heterocycles. The summed E-state index contributed by atoms with van der Waals surface area (Å²) >= 11 is 0. The largest absolute Gasteiger partial charge is 0.344 e. The van der Waals surface area contributed by atoms with Gasteiger partial charge in [0.05, 0.1) is 0 Å². The maximum absolute atomic E-state index is 12.2. The highest BCUT2D eigenvalue weighted by Gasteiger charge is 2.17. The summed E-state index contributed by atoms with van der Waals surface area (Å²) in [6.07, 6.45) is 0.837. The molecule has 0 fully saturated rings. The molecule has 0 aliphatic heterocycles. The molecule has 0 radical (unpaired) electrons. The monoisotopic (exact) mass is 287 g/mol. The summed E-state index contributed by atoms with van der Waals surface area (Å²) in [7, 11) is 3.74. The zero-order valence-corrected chi connectivity index (χ0v) is 13.3. The van der Waals surface area contributed by atoms with Gasteiger partial charge in [-0.05, 0) is 31.4 Å². The van der Waals surface area contributed by atoms with Gasteiger partial charge in [0.15, 0.2) is 0 Å². The molecule has 1 amide bonds. The van der Waals surface area contributed by atoms with E-state index in [0.717, 1.165) is 17.8 Å². The van der Waals surface area contributed by atoms with E-state index in [-0.39, 0.29) is 24.4 Å². The Hall–Kier alpha value is -1.00. The molecular formula is C14H26ClN3O. The highest BCUT2D eigenvalue weighted by molar-refractivity contribution is 5.92. The second kappa shape index (κ2) is 7.56. The predicted octanol–water partition coefficient (Wildman–Crippen LogP) is 2.20. The van der Waals surface area contributed by atoms with Crippen molar-refractivity contribution in [3.8, 4) is 0 Å². The summed E-state index contributed by atoms with van der Waals surface area (Å²) < 4.78 is 1.92. The van der Waals surface area contributed by atoms with Crippen LogP contribution >= 0.6 is 12.4 Å². The number of hydrogen-bond donors (Lipinski definition) is 1. The summed E-state index contributed by atoms with van der Waals surface area (Å²) in [6, 6.07) is 3.98. The van der Waals surface area contributed by atoms with Crippen molar-refractivity contribution in [3.05, 3.63) is 23.5 Å². The number of hydrogen-bond acceptors (Lipinski definition) is 2. The van der Waals surface area contributed by atoms with Gasteiger partial charge < -0.3 is 15.2 Å². The maximum atomic E-state index is 12.2. The highest BCUT2D eigenvalue weighted by Crippen LogP contribution is 2.10. The summed E-state index contributed by atoms with van der Waals surface area (Å²) in [5.41, 5.74) is 7.81. The number of rotatable bonds is 5. The Morgan fingerprint density at radius 1 is 1.42 bits per heavy atom. The quantitative estimate of drug-likeness (QED) is 0.903. The summed E-state index contributed by atoms with van der Waals surface area (Å²) in [4.78, 5) is 14.0. The van der Waals surface area contributed by atoms with E-state index in [0.29, 0.717) is 12.5 Å². The van der Waals surface area contributed by atoms with E-state index < -0.39 is 0 Å². The summed E-state index contributed by atoms with van der Waals surface area (Å²) in [5, 5.41) is 0. The van der Waals surface area contributed by atoms with Crippen LogP contribution in [0.4, 0.5) is 0 Å². The lowest BCUT2D eigenvalue weighted by Crippen LogP contribution is -2.35. The molecule has 1 heterocycles. The minimum absolute atomic E-state index is 0. The van der Waals surface area contributed by atoms with Crippen LogP contribution in [-0.4, -0.2) is 35.0 Å². The second-order valence-corrected chi connectivity index (χ2v) is 5.34. The summed E-state index contributed by atoms with van der Waals surface area (Å²) in [6.45, 7) is 6.90. The van der Waals surface area contributed by atoms with Gasteiger partial charge in [0.2, 0.25) is 0 Å². The molecule has 0 bridgehead atoms. The summed E-state index contributed by atoms with van der Waals surface area (Å²) in [5.74, 6) is 0.507. The Morgan fingerprint density at radius 2 is 2.00 bits per heavy atom. The SMILES string of the molecule is Cc1ccc(C(=O)N(C)CCC(N)C(C)C)n1C.Cl. The molecule has 0 saturated carbocycles. The fourth-order valence-corrected chi connectivity index (χ4v) is 1.80. The fraction of sp³-hybridized carbons (Fsp3) is 0.643. The molecule has 19 heavy (non-hydrogen) atoms. The molecule has 5 heteroatoms. The Labute approximate surface area is 122 Å². The topological polar surface area (TPSA) is 51.3 Å². The molecule has 0 aliphatic carbocycles. The standard InChI is InChI=1S/C14H25N3O.ClH/c1-10(2)12(15)8-9-16(4)14(18)13-7-6-11(3)17(13)5;/h6-7,10,12H,8-9,15H2,1-5H3;1H. The highest BCUT2D eigenvalue weighted by atomic mass is 35.5. The Morgan fingerprint density at radius 3 is 2.42 bits per heavy atom. The van der Waals surface area contributed by atoms with Crippen LogP contribution in [0.25, 0.3) is 0 Å². The molecule has 1 atom stereocenters. The van der Waals surface area contributed by atoms with Crippen LogP contribution in [-0.2, 0) is 7.05 Å². The molecule has 0 aliphatic rings. The lowest BCUT2D eigenvalue weighted by molar-refractivity contribution is 0.0779. The molecule has 1 unspecified atom stereocenters. The average molecular weight is 288 g/mol. The zero-order valence-electron chi connectivity index (χ0n) is 12.5. The number of nitrogens with two attached hydrogens (primary N) is 1. The first kappa shape index (κ1) is 18.0. The van der Waals surface area contributed by atoms with Crippen LogP contribution in [0.15, 0.2) is 12.1 Å². The number of carbonyl (C=O) groups excluding carboxylic acids is 1. The number of halogens is 1. The van der Waals surface area contributed by atoms with Gasteiger partial charge in [-0.3, -0.25) is 4.79 Å². The zero-order chi connectivity index (χ0) is 13.9. The van der Waals surface area contributed by atoms with Gasteiger partial charge >= 0.3 is 0 Å². The van der Waals surface area contributed by atoms with E-state index in [1.807, 2.05) is 37.7 Å². The third-order valence-electron chi connectivity index (χ3n) is 3.59. The van der Waals surface area contributed by atoms with Gasteiger partial charge in [0.25, 0.3) is 5.91 Å². The molecule has 0 aromatic carbocycles.